The summed E-state index contributed by atoms with van der Waals surface area (Å²) in [7, 11) is 1.68. The molecule has 2 unspecified atom stereocenters. The molecule has 1 N–H and O–H groups in total. The van der Waals surface area contributed by atoms with Crippen molar-refractivity contribution in [1.82, 2.24) is 4.90 Å². The first-order valence-electron chi connectivity index (χ1n) is 6.33. The Morgan fingerprint density at radius 3 is 2.94 bits per heavy atom. The molecule has 1 aliphatic rings. The van der Waals surface area contributed by atoms with E-state index in [9.17, 15) is 5.11 Å². The molecule has 1 heterocycles. The summed E-state index contributed by atoms with van der Waals surface area (Å²) in [5.41, 5.74) is 1.20. The predicted octanol–water partition coefficient (Wildman–Crippen LogP) is 2.66. The Morgan fingerprint density at radius 1 is 1.50 bits per heavy atom. The van der Waals surface area contributed by atoms with E-state index in [2.05, 4.69) is 33.8 Å². The van der Waals surface area contributed by atoms with Crippen LogP contribution in [0.5, 0.6) is 5.75 Å². The lowest BCUT2D eigenvalue weighted by Gasteiger charge is -2.34. The number of β-amino-alcohol motifs (C(OH)–C–C–N with tert-alkyl or cyclic N) is 1. The highest BCUT2D eigenvalue weighted by Crippen LogP contribution is 2.26. The fraction of sp³-hybridized carbons (Fsp3) is 0.571. The van der Waals surface area contributed by atoms with Crippen LogP contribution in [0.4, 0.5) is 0 Å². The Morgan fingerprint density at radius 2 is 2.28 bits per heavy atom. The lowest BCUT2D eigenvalue weighted by molar-refractivity contribution is 0.0258. The van der Waals surface area contributed by atoms with Crippen LogP contribution in [0.1, 0.15) is 18.9 Å². The summed E-state index contributed by atoms with van der Waals surface area (Å²) in [6.07, 6.45) is 0.853. The van der Waals surface area contributed by atoms with Crippen molar-refractivity contribution in [2.75, 3.05) is 20.2 Å². The smallest absolute Gasteiger partial charge is 0.119 e. The Bertz CT molecular complexity index is 411. The first-order valence-corrected chi connectivity index (χ1v) is 7.12. The molecule has 3 nitrogen and oxygen atoms in total. The second-order valence-corrected chi connectivity index (χ2v) is 5.88. The molecule has 1 saturated heterocycles. The Balaban J connectivity index is 2.05. The number of likely N-dealkylation sites (tertiary alicyclic amines) is 1. The molecule has 0 aromatic heterocycles. The van der Waals surface area contributed by atoms with E-state index in [0.29, 0.717) is 5.92 Å². The minimum atomic E-state index is -0.205. The fourth-order valence-electron chi connectivity index (χ4n) is 2.30. The number of halogens is 1. The Kier molecular flexibility index (Phi) is 4.65. The van der Waals surface area contributed by atoms with Crippen LogP contribution in [-0.4, -0.2) is 36.3 Å². The van der Waals surface area contributed by atoms with Crippen LogP contribution in [0.15, 0.2) is 22.7 Å². The predicted molar refractivity (Wildman–Crippen MR) is 75.8 cm³/mol. The van der Waals surface area contributed by atoms with Gasteiger partial charge in [0, 0.05) is 17.6 Å². The molecule has 0 amide bonds. The van der Waals surface area contributed by atoms with Crippen LogP contribution in [0.3, 0.4) is 0 Å². The van der Waals surface area contributed by atoms with Crippen LogP contribution < -0.4 is 4.74 Å². The summed E-state index contributed by atoms with van der Waals surface area (Å²) < 4.78 is 6.34. The zero-order chi connectivity index (χ0) is 13.1. The molecule has 1 aromatic carbocycles. The standard InChI is InChI=1S/C14H20BrNO2/c1-10-5-6-16(9-14(10)17)8-11-7-12(18-2)3-4-13(11)15/h3-4,7,10,14,17H,5-6,8-9H2,1-2H3. The van der Waals surface area contributed by atoms with Crippen LogP contribution in [0.25, 0.3) is 0 Å². The molecule has 0 spiro atoms. The molecule has 2 rings (SSSR count). The van der Waals surface area contributed by atoms with Crippen LogP contribution in [0, 0.1) is 5.92 Å². The van der Waals surface area contributed by atoms with Crippen molar-refractivity contribution in [2.24, 2.45) is 5.92 Å². The summed E-state index contributed by atoms with van der Waals surface area (Å²) in [6.45, 7) is 4.76. The number of hydrogen-bond acceptors (Lipinski definition) is 3. The quantitative estimate of drug-likeness (QED) is 0.931. The summed E-state index contributed by atoms with van der Waals surface area (Å²) >= 11 is 3.57. The molecule has 1 aliphatic heterocycles. The molecule has 1 fully saturated rings. The number of methoxy groups -OCH3 is 1. The highest BCUT2D eigenvalue weighted by Gasteiger charge is 2.24. The number of hydrogen-bond donors (Lipinski definition) is 1. The van der Waals surface area contributed by atoms with E-state index in [-0.39, 0.29) is 6.10 Å². The summed E-state index contributed by atoms with van der Waals surface area (Å²) in [6, 6.07) is 6.01. The topological polar surface area (TPSA) is 32.7 Å². The van der Waals surface area contributed by atoms with E-state index in [4.69, 9.17) is 4.74 Å². The van der Waals surface area contributed by atoms with Gasteiger partial charge in [0.2, 0.25) is 0 Å². The van der Waals surface area contributed by atoms with E-state index in [0.717, 1.165) is 36.3 Å². The number of piperidine rings is 1. The summed E-state index contributed by atoms with van der Waals surface area (Å²) in [5, 5.41) is 9.92. The van der Waals surface area contributed by atoms with Gasteiger partial charge in [-0.05, 0) is 42.6 Å². The third-order valence-corrected chi connectivity index (χ3v) is 4.42. The molecule has 2 atom stereocenters. The van der Waals surface area contributed by atoms with Gasteiger partial charge in [-0.15, -0.1) is 0 Å². The zero-order valence-electron chi connectivity index (χ0n) is 10.9. The summed E-state index contributed by atoms with van der Waals surface area (Å²) in [5.74, 6) is 1.29. The fourth-order valence-corrected chi connectivity index (χ4v) is 2.67. The molecule has 4 heteroatoms. The highest BCUT2D eigenvalue weighted by atomic mass is 79.9. The van der Waals surface area contributed by atoms with Gasteiger partial charge in [-0.25, -0.2) is 0 Å². The number of nitrogens with zero attached hydrogens (tertiary/aromatic N) is 1. The van der Waals surface area contributed by atoms with Crippen LogP contribution in [-0.2, 0) is 6.54 Å². The monoisotopic (exact) mass is 313 g/mol. The van der Waals surface area contributed by atoms with Crippen molar-refractivity contribution in [1.29, 1.82) is 0 Å². The minimum absolute atomic E-state index is 0.205. The molecule has 0 radical (unpaired) electrons. The van der Waals surface area contributed by atoms with Crippen molar-refractivity contribution in [3.05, 3.63) is 28.2 Å². The number of aliphatic hydroxyl groups excluding tert-OH is 1. The number of rotatable bonds is 3. The van der Waals surface area contributed by atoms with Gasteiger partial charge in [0.15, 0.2) is 0 Å². The average Bonchev–Trinajstić information content (AvgIpc) is 2.36. The molecule has 100 valence electrons. The maximum Gasteiger partial charge on any atom is 0.119 e. The first kappa shape index (κ1) is 13.8. The van der Waals surface area contributed by atoms with Crippen molar-refractivity contribution in [3.63, 3.8) is 0 Å². The molecule has 0 aliphatic carbocycles. The van der Waals surface area contributed by atoms with Crippen molar-refractivity contribution < 1.29 is 9.84 Å². The van der Waals surface area contributed by atoms with Gasteiger partial charge in [-0.3, -0.25) is 4.90 Å². The average molecular weight is 314 g/mol. The SMILES string of the molecule is COc1ccc(Br)c(CN2CCC(C)C(O)C2)c1. The largest absolute Gasteiger partial charge is 0.497 e. The molecule has 0 saturated carbocycles. The first-order chi connectivity index (χ1) is 8.60. The van der Waals surface area contributed by atoms with Crippen molar-refractivity contribution in [2.45, 2.75) is 26.0 Å². The van der Waals surface area contributed by atoms with E-state index in [1.807, 2.05) is 12.1 Å². The van der Waals surface area contributed by atoms with Crippen molar-refractivity contribution in [3.8, 4) is 5.75 Å². The van der Waals surface area contributed by atoms with Gasteiger partial charge >= 0.3 is 0 Å². The Hall–Kier alpha value is -0.580. The van der Waals surface area contributed by atoms with Gasteiger partial charge in [0.25, 0.3) is 0 Å². The van der Waals surface area contributed by atoms with E-state index < -0.39 is 0 Å². The molecular weight excluding hydrogens is 294 g/mol. The lowest BCUT2D eigenvalue weighted by atomic mass is 9.96. The third-order valence-electron chi connectivity index (χ3n) is 3.65. The maximum atomic E-state index is 9.92. The van der Waals surface area contributed by atoms with E-state index in [1.165, 1.54) is 5.56 Å². The van der Waals surface area contributed by atoms with E-state index in [1.54, 1.807) is 7.11 Å². The third kappa shape index (κ3) is 3.25. The summed E-state index contributed by atoms with van der Waals surface area (Å²) in [4.78, 5) is 2.30. The second kappa shape index (κ2) is 6.04. The molecule has 0 bridgehead atoms. The maximum absolute atomic E-state index is 9.92. The van der Waals surface area contributed by atoms with Gasteiger partial charge in [0.1, 0.15) is 5.75 Å². The normalized spacial score (nSPS) is 25.1. The Labute approximate surface area is 117 Å². The number of ether oxygens (including phenoxy) is 1. The van der Waals surface area contributed by atoms with Gasteiger partial charge in [-0.1, -0.05) is 22.9 Å². The molecule has 1 aromatic rings. The van der Waals surface area contributed by atoms with E-state index >= 15 is 0 Å². The molecule has 18 heavy (non-hydrogen) atoms. The molecular formula is C14H20BrNO2. The van der Waals surface area contributed by atoms with Gasteiger partial charge in [-0.2, -0.15) is 0 Å². The number of benzene rings is 1. The highest BCUT2D eigenvalue weighted by molar-refractivity contribution is 9.10. The lowest BCUT2D eigenvalue weighted by Crippen LogP contribution is -2.42. The van der Waals surface area contributed by atoms with Gasteiger partial charge < -0.3 is 9.84 Å². The van der Waals surface area contributed by atoms with Crippen molar-refractivity contribution >= 4 is 15.9 Å². The minimum Gasteiger partial charge on any atom is -0.497 e. The van der Waals surface area contributed by atoms with Gasteiger partial charge in [0.05, 0.1) is 13.2 Å². The van der Waals surface area contributed by atoms with Crippen LogP contribution in [0.2, 0.25) is 0 Å². The second-order valence-electron chi connectivity index (χ2n) is 5.03. The number of aliphatic hydroxyl groups is 1. The van der Waals surface area contributed by atoms with Crippen LogP contribution >= 0.6 is 15.9 Å². The zero-order valence-corrected chi connectivity index (χ0v) is 12.5.